The molecule has 2 atom stereocenters. The summed E-state index contributed by atoms with van der Waals surface area (Å²) in [4.78, 5) is 0. The molecule has 1 nitrogen and oxygen atoms in total. The molecule has 0 amide bonds. The van der Waals surface area contributed by atoms with Crippen LogP contribution in [0, 0.1) is 5.92 Å². The van der Waals surface area contributed by atoms with Crippen LogP contribution in [0.4, 0.5) is 0 Å². The molecule has 1 aliphatic carbocycles. The van der Waals surface area contributed by atoms with Crippen molar-refractivity contribution in [2.24, 2.45) is 5.92 Å². The number of rotatable bonds is 2. The first-order valence-corrected chi connectivity index (χ1v) is 5.51. The molecule has 0 radical (unpaired) electrons. The first-order valence-electron chi connectivity index (χ1n) is 5.51. The number of hydrogen-bond acceptors (Lipinski definition) is 1. The average molecular weight is 182 g/mol. The van der Waals surface area contributed by atoms with Crippen LogP contribution in [0.25, 0.3) is 0 Å². The van der Waals surface area contributed by atoms with Gasteiger partial charge in [-0.15, -0.1) is 0 Å². The van der Waals surface area contributed by atoms with Gasteiger partial charge in [-0.05, 0) is 39.0 Å². The monoisotopic (exact) mass is 182 g/mol. The summed E-state index contributed by atoms with van der Waals surface area (Å²) in [6.45, 7) is 4.26. The Balaban J connectivity index is 2.40. The molecule has 1 fully saturated rings. The highest BCUT2D eigenvalue weighted by Crippen LogP contribution is 2.26. The predicted octanol–water partition coefficient (Wildman–Crippen LogP) is 3.28. The lowest BCUT2D eigenvalue weighted by molar-refractivity contribution is 0.102. The Morgan fingerprint density at radius 3 is 2.62 bits per heavy atom. The van der Waals surface area contributed by atoms with Gasteiger partial charge in [-0.25, -0.2) is 0 Å². The normalized spacial score (nSPS) is 29.5. The van der Waals surface area contributed by atoms with Crippen molar-refractivity contribution >= 4 is 0 Å². The van der Waals surface area contributed by atoms with Gasteiger partial charge in [0, 0.05) is 0 Å². The highest BCUT2D eigenvalue weighted by Gasteiger charge is 2.19. The van der Waals surface area contributed by atoms with Crippen LogP contribution in [0.15, 0.2) is 11.6 Å². The van der Waals surface area contributed by atoms with Crippen molar-refractivity contribution in [1.82, 2.24) is 0 Å². The Bertz CT molecular complexity index is 168. The van der Waals surface area contributed by atoms with Crippen LogP contribution in [-0.4, -0.2) is 11.2 Å². The second-order valence-electron chi connectivity index (χ2n) is 4.48. The Morgan fingerprint density at radius 2 is 1.92 bits per heavy atom. The minimum Gasteiger partial charge on any atom is -0.393 e. The predicted molar refractivity (Wildman–Crippen MR) is 56.6 cm³/mol. The van der Waals surface area contributed by atoms with Gasteiger partial charge in [-0.3, -0.25) is 0 Å². The number of aliphatic hydroxyl groups excluding tert-OH is 1. The molecule has 0 heterocycles. The van der Waals surface area contributed by atoms with E-state index in [0.29, 0.717) is 5.92 Å². The second kappa shape index (κ2) is 5.43. The molecule has 0 bridgehead atoms. The van der Waals surface area contributed by atoms with Crippen LogP contribution in [0.3, 0.4) is 0 Å². The maximum Gasteiger partial charge on any atom is 0.0571 e. The van der Waals surface area contributed by atoms with E-state index in [9.17, 15) is 5.11 Å². The lowest BCUT2D eigenvalue weighted by Crippen LogP contribution is -2.18. The van der Waals surface area contributed by atoms with E-state index in [-0.39, 0.29) is 6.10 Å². The topological polar surface area (TPSA) is 20.2 Å². The molecule has 0 aliphatic heterocycles. The maximum atomic E-state index is 9.83. The molecule has 0 spiro atoms. The fraction of sp³-hybridized carbons (Fsp3) is 0.833. The number of aliphatic hydroxyl groups is 1. The number of allylic oxidation sites excluding steroid dienone is 2. The van der Waals surface area contributed by atoms with Crippen molar-refractivity contribution in [2.45, 2.75) is 58.5 Å². The van der Waals surface area contributed by atoms with Gasteiger partial charge in [0.25, 0.3) is 0 Å². The van der Waals surface area contributed by atoms with Crippen LogP contribution >= 0.6 is 0 Å². The third-order valence-corrected chi connectivity index (χ3v) is 2.95. The standard InChI is InChI=1S/C12H22O/c1-10(2)8-9-11-6-4-3-5-7-12(11)13/h8,11-13H,3-7,9H2,1-2H3. The molecular weight excluding hydrogens is 160 g/mol. The zero-order valence-electron chi connectivity index (χ0n) is 8.92. The molecule has 1 rings (SSSR count). The SMILES string of the molecule is CC(C)=CCC1CCCCCC1O. The summed E-state index contributed by atoms with van der Waals surface area (Å²) < 4.78 is 0. The molecule has 1 heteroatoms. The van der Waals surface area contributed by atoms with E-state index in [4.69, 9.17) is 0 Å². The van der Waals surface area contributed by atoms with Crippen molar-refractivity contribution in [2.75, 3.05) is 0 Å². The van der Waals surface area contributed by atoms with Crippen molar-refractivity contribution in [1.29, 1.82) is 0 Å². The van der Waals surface area contributed by atoms with E-state index >= 15 is 0 Å². The fourth-order valence-corrected chi connectivity index (χ4v) is 2.03. The molecule has 0 saturated heterocycles. The van der Waals surface area contributed by atoms with Gasteiger partial charge in [0.15, 0.2) is 0 Å². The van der Waals surface area contributed by atoms with Crippen LogP contribution in [-0.2, 0) is 0 Å². The molecule has 0 aromatic heterocycles. The summed E-state index contributed by atoms with van der Waals surface area (Å²) in [6.07, 6.45) is 9.35. The Kier molecular flexibility index (Phi) is 4.51. The van der Waals surface area contributed by atoms with Gasteiger partial charge < -0.3 is 5.11 Å². The largest absolute Gasteiger partial charge is 0.393 e. The van der Waals surface area contributed by atoms with E-state index in [0.717, 1.165) is 12.8 Å². The van der Waals surface area contributed by atoms with Crippen molar-refractivity contribution in [3.05, 3.63) is 11.6 Å². The van der Waals surface area contributed by atoms with Gasteiger partial charge in [0.1, 0.15) is 0 Å². The van der Waals surface area contributed by atoms with Crippen LogP contribution in [0.5, 0.6) is 0 Å². The third kappa shape index (κ3) is 3.95. The van der Waals surface area contributed by atoms with Crippen molar-refractivity contribution in [3.8, 4) is 0 Å². The maximum absolute atomic E-state index is 9.83. The number of hydrogen-bond donors (Lipinski definition) is 1. The van der Waals surface area contributed by atoms with E-state index in [1.54, 1.807) is 0 Å². The molecule has 13 heavy (non-hydrogen) atoms. The highest BCUT2D eigenvalue weighted by molar-refractivity contribution is 4.95. The highest BCUT2D eigenvalue weighted by atomic mass is 16.3. The summed E-state index contributed by atoms with van der Waals surface area (Å²) in [5.74, 6) is 0.525. The van der Waals surface area contributed by atoms with Crippen LogP contribution < -0.4 is 0 Å². The fourth-order valence-electron chi connectivity index (χ4n) is 2.03. The van der Waals surface area contributed by atoms with Crippen LogP contribution in [0.2, 0.25) is 0 Å². The molecule has 2 unspecified atom stereocenters. The minimum absolute atomic E-state index is 0.0434. The lowest BCUT2D eigenvalue weighted by Gasteiger charge is -2.18. The van der Waals surface area contributed by atoms with Crippen LogP contribution in [0.1, 0.15) is 52.4 Å². The third-order valence-electron chi connectivity index (χ3n) is 2.95. The summed E-state index contributed by atoms with van der Waals surface area (Å²) in [5.41, 5.74) is 1.37. The van der Waals surface area contributed by atoms with Crippen molar-refractivity contribution < 1.29 is 5.11 Å². The Labute approximate surface area is 81.9 Å². The minimum atomic E-state index is -0.0434. The zero-order chi connectivity index (χ0) is 9.68. The molecular formula is C12H22O. The summed E-state index contributed by atoms with van der Waals surface area (Å²) in [5, 5.41) is 9.83. The second-order valence-corrected chi connectivity index (χ2v) is 4.48. The molecule has 1 saturated carbocycles. The summed E-state index contributed by atoms with van der Waals surface area (Å²) in [6, 6.07) is 0. The van der Waals surface area contributed by atoms with E-state index in [2.05, 4.69) is 19.9 Å². The van der Waals surface area contributed by atoms with Crippen molar-refractivity contribution in [3.63, 3.8) is 0 Å². The quantitative estimate of drug-likeness (QED) is 0.513. The molecule has 0 aromatic rings. The summed E-state index contributed by atoms with van der Waals surface area (Å²) >= 11 is 0. The van der Waals surface area contributed by atoms with E-state index in [1.165, 1.54) is 31.3 Å². The van der Waals surface area contributed by atoms with E-state index in [1.807, 2.05) is 0 Å². The average Bonchev–Trinajstić information content (AvgIpc) is 2.27. The van der Waals surface area contributed by atoms with Gasteiger partial charge in [0.05, 0.1) is 6.10 Å². The molecule has 1 aliphatic rings. The molecule has 76 valence electrons. The summed E-state index contributed by atoms with van der Waals surface area (Å²) in [7, 11) is 0. The van der Waals surface area contributed by atoms with Gasteiger partial charge in [-0.1, -0.05) is 30.9 Å². The van der Waals surface area contributed by atoms with Gasteiger partial charge >= 0.3 is 0 Å². The lowest BCUT2D eigenvalue weighted by atomic mass is 9.93. The van der Waals surface area contributed by atoms with Gasteiger partial charge in [0.2, 0.25) is 0 Å². The Morgan fingerprint density at radius 1 is 1.23 bits per heavy atom. The Hall–Kier alpha value is -0.300. The first kappa shape index (κ1) is 10.8. The van der Waals surface area contributed by atoms with Gasteiger partial charge in [-0.2, -0.15) is 0 Å². The molecule has 1 N–H and O–H groups in total. The zero-order valence-corrected chi connectivity index (χ0v) is 8.92. The van der Waals surface area contributed by atoms with E-state index < -0.39 is 0 Å². The molecule has 0 aromatic carbocycles. The smallest absolute Gasteiger partial charge is 0.0571 e. The first-order chi connectivity index (χ1) is 6.20.